The Morgan fingerprint density at radius 2 is 2.05 bits per heavy atom. The number of hydrogen-bond donors (Lipinski definition) is 1. The van der Waals surface area contributed by atoms with E-state index in [1.165, 1.54) is 6.07 Å². The maximum absolute atomic E-state index is 13.6. The molecule has 2 rings (SSSR count). The van der Waals surface area contributed by atoms with Crippen molar-refractivity contribution in [1.29, 1.82) is 0 Å². The summed E-state index contributed by atoms with van der Waals surface area (Å²) >= 11 is 3.19. The van der Waals surface area contributed by atoms with E-state index in [0.29, 0.717) is 21.3 Å². The van der Waals surface area contributed by atoms with E-state index in [0.717, 1.165) is 0 Å². The van der Waals surface area contributed by atoms with Gasteiger partial charge in [0.2, 0.25) is 0 Å². The topological polar surface area (TPSA) is 46.5 Å². The van der Waals surface area contributed by atoms with E-state index in [-0.39, 0.29) is 18.8 Å². The first kappa shape index (κ1) is 14.5. The van der Waals surface area contributed by atoms with Crippen LogP contribution in [0.4, 0.5) is 4.39 Å². The van der Waals surface area contributed by atoms with Crippen LogP contribution in [0.25, 0.3) is 0 Å². The third-order valence-corrected chi connectivity index (χ3v) is 3.16. The second-order valence-corrected chi connectivity index (χ2v) is 5.16. The van der Waals surface area contributed by atoms with Crippen molar-refractivity contribution in [2.75, 3.05) is 0 Å². The van der Waals surface area contributed by atoms with E-state index < -0.39 is 5.97 Å². The summed E-state index contributed by atoms with van der Waals surface area (Å²) in [6.45, 7) is 0.0929. The van der Waals surface area contributed by atoms with Crippen LogP contribution in [-0.2, 0) is 17.8 Å². The summed E-state index contributed by atoms with van der Waals surface area (Å²) in [5.74, 6) is -0.728. The maximum Gasteiger partial charge on any atom is 0.307 e. The summed E-state index contributed by atoms with van der Waals surface area (Å²) in [6.07, 6.45) is -0.0656. The monoisotopic (exact) mass is 338 g/mol. The first-order chi connectivity index (χ1) is 9.54. The van der Waals surface area contributed by atoms with E-state index >= 15 is 0 Å². The molecule has 0 aliphatic rings. The molecule has 0 aliphatic heterocycles. The predicted octanol–water partition coefficient (Wildman–Crippen LogP) is 3.79. The zero-order chi connectivity index (χ0) is 14.5. The van der Waals surface area contributed by atoms with Crippen LogP contribution in [0.15, 0.2) is 46.9 Å². The summed E-state index contributed by atoms with van der Waals surface area (Å²) < 4.78 is 19.8. The van der Waals surface area contributed by atoms with Crippen molar-refractivity contribution in [3.8, 4) is 5.75 Å². The molecule has 0 fully saturated rings. The van der Waals surface area contributed by atoms with Gasteiger partial charge in [0.15, 0.2) is 0 Å². The summed E-state index contributed by atoms with van der Waals surface area (Å²) in [5, 5.41) is 8.73. The second-order valence-electron chi connectivity index (χ2n) is 4.24. The molecule has 0 unspecified atom stereocenters. The third-order valence-electron chi connectivity index (χ3n) is 2.66. The summed E-state index contributed by atoms with van der Waals surface area (Å²) in [4.78, 5) is 10.6. The molecule has 0 radical (unpaired) electrons. The van der Waals surface area contributed by atoms with Gasteiger partial charge in [0.05, 0.1) is 6.42 Å². The highest BCUT2D eigenvalue weighted by Crippen LogP contribution is 2.19. The van der Waals surface area contributed by atoms with Gasteiger partial charge in [0, 0.05) is 10.0 Å². The summed E-state index contributed by atoms with van der Waals surface area (Å²) in [6, 6.07) is 11.5. The molecule has 2 aromatic carbocycles. The molecule has 104 valence electrons. The van der Waals surface area contributed by atoms with Crippen molar-refractivity contribution in [2.45, 2.75) is 13.0 Å². The van der Waals surface area contributed by atoms with Crippen molar-refractivity contribution >= 4 is 21.9 Å². The molecule has 1 N–H and O–H groups in total. The molecule has 0 bridgehead atoms. The molecule has 0 amide bonds. The van der Waals surface area contributed by atoms with Crippen molar-refractivity contribution in [3.63, 3.8) is 0 Å². The normalized spacial score (nSPS) is 10.3. The third kappa shape index (κ3) is 4.06. The summed E-state index contributed by atoms with van der Waals surface area (Å²) in [5.41, 5.74) is 1.09. The molecule has 0 saturated heterocycles. The Labute approximate surface area is 124 Å². The van der Waals surface area contributed by atoms with Crippen molar-refractivity contribution < 1.29 is 19.0 Å². The number of ether oxygens (including phenoxy) is 1. The molecule has 3 nitrogen and oxygen atoms in total. The van der Waals surface area contributed by atoms with Gasteiger partial charge in [-0.3, -0.25) is 4.79 Å². The highest BCUT2D eigenvalue weighted by Gasteiger charge is 2.05. The number of halogens is 2. The second kappa shape index (κ2) is 6.52. The zero-order valence-corrected chi connectivity index (χ0v) is 12.1. The van der Waals surface area contributed by atoms with Crippen LogP contribution in [0.3, 0.4) is 0 Å². The van der Waals surface area contributed by atoms with Crippen molar-refractivity contribution in [3.05, 3.63) is 63.9 Å². The molecular formula is C15H12BrFO3. The van der Waals surface area contributed by atoms with Crippen LogP contribution >= 0.6 is 15.9 Å². The van der Waals surface area contributed by atoms with Gasteiger partial charge in [-0.05, 0) is 29.8 Å². The van der Waals surface area contributed by atoms with E-state index in [2.05, 4.69) is 15.9 Å². The minimum atomic E-state index is -0.902. The highest BCUT2D eigenvalue weighted by molar-refractivity contribution is 9.10. The lowest BCUT2D eigenvalue weighted by molar-refractivity contribution is -0.136. The standard InChI is InChI=1S/C15H12BrFO3/c16-12-5-4-11(14(17)8-12)9-20-13-3-1-2-10(6-13)7-15(18)19/h1-6,8H,7,9H2,(H,18,19). The molecule has 20 heavy (non-hydrogen) atoms. The summed E-state index contributed by atoms with van der Waals surface area (Å²) in [7, 11) is 0. The molecule has 0 saturated carbocycles. The van der Waals surface area contributed by atoms with Gasteiger partial charge in [-0.2, -0.15) is 0 Å². The quantitative estimate of drug-likeness (QED) is 0.901. The SMILES string of the molecule is O=C(O)Cc1cccc(OCc2ccc(Br)cc2F)c1. The minimum Gasteiger partial charge on any atom is -0.489 e. The first-order valence-corrected chi connectivity index (χ1v) is 6.71. The maximum atomic E-state index is 13.6. The fourth-order valence-electron chi connectivity index (χ4n) is 1.72. The Morgan fingerprint density at radius 3 is 2.75 bits per heavy atom. The van der Waals surface area contributed by atoms with E-state index in [1.54, 1.807) is 36.4 Å². The molecule has 0 aliphatic carbocycles. The Hall–Kier alpha value is -1.88. The van der Waals surface area contributed by atoms with Gasteiger partial charge in [0.25, 0.3) is 0 Å². The average molecular weight is 339 g/mol. The Kier molecular flexibility index (Phi) is 4.74. The Balaban J connectivity index is 2.05. The molecule has 2 aromatic rings. The number of rotatable bonds is 5. The molecule has 5 heteroatoms. The molecular weight excluding hydrogens is 327 g/mol. The zero-order valence-electron chi connectivity index (χ0n) is 10.5. The lowest BCUT2D eigenvalue weighted by Crippen LogP contribution is -2.01. The van der Waals surface area contributed by atoms with Gasteiger partial charge in [-0.1, -0.05) is 34.1 Å². The van der Waals surface area contributed by atoms with Gasteiger partial charge < -0.3 is 9.84 Å². The fraction of sp³-hybridized carbons (Fsp3) is 0.133. The van der Waals surface area contributed by atoms with E-state index in [1.807, 2.05) is 0 Å². The van der Waals surface area contributed by atoms with Gasteiger partial charge >= 0.3 is 5.97 Å². The van der Waals surface area contributed by atoms with E-state index in [9.17, 15) is 9.18 Å². The minimum absolute atomic E-state index is 0.0656. The van der Waals surface area contributed by atoms with Crippen LogP contribution in [0.2, 0.25) is 0 Å². The molecule has 0 spiro atoms. The van der Waals surface area contributed by atoms with Crippen LogP contribution < -0.4 is 4.74 Å². The van der Waals surface area contributed by atoms with Crippen LogP contribution in [0.5, 0.6) is 5.75 Å². The number of carbonyl (C=O) groups is 1. The van der Waals surface area contributed by atoms with Gasteiger partial charge in [0.1, 0.15) is 18.2 Å². The Morgan fingerprint density at radius 1 is 1.25 bits per heavy atom. The Bertz CT molecular complexity index is 628. The lowest BCUT2D eigenvalue weighted by Gasteiger charge is -2.08. The number of hydrogen-bond acceptors (Lipinski definition) is 2. The van der Waals surface area contributed by atoms with Crippen LogP contribution in [0, 0.1) is 5.82 Å². The molecule has 0 atom stereocenters. The van der Waals surface area contributed by atoms with Gasteiger partial charge in [-0.15, -0.1) is 0 Å². The van der Waals surface area contributed by atoms with Crippen molar-refractivity contribution in [2.24, 2.45) is 0 Å². The number of carboxylic acids is 1. The predicted molar refractivity (Wildman–Crippen MR) is 76.2 cm³/mol. The van der Waals surface area contributed by atoms with Gasteiger partial charge in [-0.25, -0.2) is 4.39 Å². The lowest BCUT2D eigenvalue weighted by atomic mass is 10.1. The average Bonchev–Trinajstić information content (AvgIpc) is 2.37. The number of carboxylic acid groups (broad SMARTS) is 1. The number of benzene rings is 2. The van der Waals surface area contributed by atoms with Crippen molar-refractivity contribution in [1.82, 2.24) is 0 Å². The fourth-order valence-corrected chi connectivity index (χ4v) is 2.05. The molecule has 0 heterocycles. The molecule has 0 aromatic heterocycles. The van der Waals surface area contributed by atoms with Crippen LogP contribution in [-0.4, -0.2) is 11.1 Å². The van der Waals surface area contributed by atoms with E-state index in [4.69, 9.17) is 9.84 Å². The smallest absolute Gasteiger partial charge is 0.307 e. The largest absolute Gasteiger partial charge is 0.489 e. The van der Waals surface area contributed by atoms with Crippen LogP contribution in [0.1, 0.15) is 11.1 Å². The highest BCUT2D eigenvalue weighted by atomic mass is 79.9. The first-order valence-electron chi connectivity index (χ1n) is 5.92. The number of aliphatic carboxylic acids is 1.